The predicted octanol–water partition coefficient (Wildman–Crippen LogP) is 7.49. The molecule has 0 saturated carbocycles. The van der Waals surface area contributed by atoms with Crippen LogP contribution < -0.4 is 0 Å². The lowest BCUT2D eigenvalue weighted by Crippen LogP contribution is -1.87. The van der Waals surface area contributed by atoms with Gasteiger partial charge in [0.25, 0.3) is 0 Å². The Morgan fingerprint density at radius 1 is 0.600 bits per heavy atom. The zero-order valence-corrected chi connectivity index (χ0v) is 16.2. The smallest absolute Gasteiger partial charge is 0.135 e. The lowest BCUT2D eigenvalue weighted by atomic mass is 10.0. The maximum atomic E-state index is 6.01. The summed E-state index contributed by atoms with van der Waals surface area (Å²) in [6, 6.07) is 13.2. The van der Waals surface area contributed by atoms with E-state index in [1.165, 1.54) is 47.6 Å². The fraction of sp³-hybridized carbons (Fsp3) is 0.455. The van der Waals surface area contributed by atoms with E-state index in [1.807, 2.05) is 0 Å². The van der Waals surface area contributed by atoms with Gasteiger partial charge in [-0.05, 0) is 73.9 Å². The zero-order chi connectivity index (χ0) is 17.5. The molecule has 0 aliphatic heterocycles. The van der Waals surface area contributed by atoms with Crippen molar-refractivity contribution >= 4 is 45.1 Å². The van der Waals surface area contributed by atoms with Gasteiger partial charge in [0.05, 0.1) is 0 Å². The molecule has 3 heteroatoms. The number of furan rings is 1. The summed E-state index contributed by atoms with van der Waals surface area (Å²) in [7, 11) is 0. The molecule has 0 radical (unpaired) electrons. The Bertz CT molecular complexity index is 740. The van der Waals surface area contributed by atoms with Gasteiger partial charge in [0.2, 0.25) is 0 Å². The van der Waals surface area contributed by atoms with Crippen LogP contribution in [0.2, 0.25) is 0 Å². The van der Waals surface area contributed by atoms with Gasteiger partial charge < -0.3 is 4.42 Å². The number of hydrogen-bond donors (Lipinski definition) is 0. The van der Waals surface area contributed by atoms with Gasteiger partial charge in [-0.25, -0.2) is 0 Å². The minimum Gasteiger partial charge on any atom is -0.456 e. The largest absolute Gasteiger partial charge is 0.456 e. The van der Waals surface area contributed by atoms with Crippen LogP contribution in [0.5, 0.6) is 0 Å². The number of benzene rings is 2. The molecular formula is C22H26Cl2O. The Balaban J connectivity index is 1.77. The van der Waals surface area contributed by atoms with Crippen LogP contribution in [0.25, 0.3) is 21.9 Å². The normalized spacial score (nSPS) is 11.6. The molecule has 0 atom stereocenters. The third kappa shape index (κ3) is 4.92. The summed E-state index contributed by atoms with van der Waals surface area (Å²) < 4.78 is 6.01. The van der Waals surface area contributed by atoms with Crippen LogP contribution in [-0.4, -0.2) is 11.8 Å². The van der Waals surface area contributed by atoms with Crippen molar-refractivity contribution in [2.24, 2.45) is 0 Å². The first kappa shape index (κ1) is 18.6. The van der Waals surface area contributed by atoms with E-state index in [4.69, 9.17) is 27.6 Å². The quantitative estimate of drug-likeness (QED) is 0.263. The van der Waals surface area contributed by atoms with Crippen molar-refractivity contribution in [3.8, 4) is 0 Å². The standard InChI is InChI=1S/C22H26Cl2O/c23-13-5-1-3-7-17-9-11-21-19(15-17)20-16-18(8-4-2-6-14-24)10-12-22(20)25-21/h9-12,15-16H,1-8,13-14H2. The van der Waals surface area contributed by atoms with E-state index < -0.39 is 0 Å². The number of rotatable bonds is 10. The van der Waals surface area contributed by atoms with Gasteiger partial charge in [-0.3, -0.25) is 0 Å². The summed E-state index contributed by atoms with van der Waals surface area (Å²) in [6.07, 6.45) is 9.20. The highest BCUT2D eigenvalue weighted by atomic mass is 35.5. The van der Waals surface area contributed by atoms with Crippen molar-refractivity contribution < 1.29 is 4.42 Å². The first-order valence-electron chi connectivity index (χ1n) is 9.38. The summed E-state index contributed by atoms with van der Waals surface area (Å²) in [5.74, 6) is 1.53. The van der Waals surface area contributed by atoms with Gasteiger partial charge in [-0.1, -0.05) is 25.0 Å². The van der Waals surface area contributed by atoms with Crippen molar-refractivity contribution in [2.45, 2.75) is 51.4 Å². The number of alkyl halides is 2. The second-order valence-corrected chi connectivity index (χ2v) is 7.52. The monoisotopic (exact) mass is 376 g/mol. The molecule has 3 aromatic rings. The number of unbranched alkanes of at least 4 members (excludes halogenated alkanes) is 4. The minimum atomic E-state index is 0.763. The average molecular weight is 377 g/mol. The molecule has 0 amide bonds. The first-order valence-corrected chi connectivity index (χ1v) is 10.4. The number of halogens is 2. The van der Waals surface area contributed by atoms with Gasteiger partial charge in [-0.2, -0.15) is 0 Å². The van der Waals surface area contributed by atoms with Gasteiger partial charge >= 0.3 is 0 Å². The van der Waals surface area contributed by atoms with E-state index in [0.717, 1.165) is 48.6 Å². The molecule has 0 saturated heterocycles. The Morgan fingerprint density at radius 3 is 1.52 bits per heavy atom. The van der Waals surface area contributed by atoms with Crippen molar-refractivity contribution in [2.75, 3.05) is 11.8 Å². The lowest BCUT2D eigenvalue weighted by molar-refractivity contribution is 0.667. The minimum absolute atomic E-state index is 0.763. The van der Waals surface area contributed by atoms with Crippen molar-refractivity contribution in [1.29, 1.82) is 0 Å². The molecule has 134 valence electrons. The second-order valence-electron chi connectivity index (χ2n) is 6.76. The maximum absolute atomic E-state index is 6.01. The molecule has 1 aromatic heterocycles. The molecule has 25 heavy (non-hydrogen) atoms. The van der Waals surface area contributed by atoms with Crippen molar-refractivity contribution in [3.63, 3.8) is 0 Å². The number of fused-ring (bicyclic) bond motifs is 3. The van der Waals surface area contributed by atoms with Gasteiger partial charge in [0, 0.05) is 22.5 Å². The summed E-state index contributed by atoms with van der Waals surface area (Å²) in [4.78, 5) is 0. The molecule has 0 aliphatic rings. The highest BCUT2D eigenvalue weighted by Gasteiger charge is 2.08. The van der Waals surface area contributed by atoms with E-state index in [2.05, 4.69) is 36.4 Å². The predicted molar refractivity (Wildman–Crippen MR) is 110 cm³/mol. The van der Waals surface area contributed by atoms with E-state index >= 15 is 0 Å². The van der Waals surface area contributed by atoms with Crippen LogP contribution in [-0.2, 0) is 12.8 Å². The molecule has 0 spiro atoms. The summed E-state index contributed by atoms with van der Waals surface area (Å²) in [5.41, 5.74) is 4.74. The molecule has 1 nitrogen and oxygen atoms in total. The van der Waals surface area contributed by atoms with Crippen molar-refractivity contribution in [3.05, 3.63) is 47.5 Å². The summed E-state index contributed by atoms with van der Waals surface area (Å²) in [6.45, 7) is 0. The Labute approximate surface area is 160 Å². The summed E-state index contributed by atoms with van der Waals surface area (Å²) >= 11 is 11.5. The molecule has 0 fully saturated rings. The summed E-state index contributed by atoms with van der Waals surface area (Å²) in [5, 5.41) is 2.49. The van der Waals surface area contributed by atoms with Gasteiger partial charge in [0.15, 0.2) is 0 Å². The first-order chi connectivity index (χ1) is 12.3. The Hall–Kier alpha value is -1.18. The van der Waals surface area contributed by atoms with Crippen LogP contribution in [0.3, 0.4) is 0 Å². The molecule has 0 aliphatic carbocycles. The van der Waals surface area contributed by atoms with Crippen LogP contribution >= 0.6 is 23.2 Å². The van der Waals surface area contributed by atoms with E-state index in [0.29, 0.717) is 0 Å². The van der Waals surface area contributed by atoms with Crippen LogP contribution in [0.15, 0.2) is 40.8 Å². The highest BCUT2D eigenvalue weighted by Crippen LogP contribution is 2.31. The van der Waals surface area contributed by atoms with E-state index in [1.54, 1.807) is 0 Å². The Morgan fingerprint density at radius 2 is 1.08 bits per heavy atom. The van der Waals surface area contributed by atoms with Gasteiger partial charge in [-0.15, -0.1) is 23.2 Å². The van der Waals surface area contributed by atoms with Gasteiger partial charge in [0.1, 0.15) is 11.2 Å². The van der Waals surface area contributed by atoms with Crippen LogP contribution in [0.4, 0.5) is 0 Å². The van der Waals surface area contributed by atoms with Crippen LogP contribution in [0.1, 0.15) is 49.7 Å². The zero-order valence-electron chi connectivity index (χ0n) is 14.7. The third-order valence-corrected chi connectivity index (χ3v) is 5.33. The molecule has 3 rings (SSSR count). The van der Waals surface area contributed by atoms with Crippen LogP contribution in [0, 0.1) is 0 Å². The SMILES string of the molecule is ClCCCCCc1ccc2oc3ccc(CCCCCCl)cc3c2c1. The van der Waals surface area contributed by atoms with Crippen molar-refractivity contribution in [1.82, 2.24) is 0 Å². The Kier molecular flexibility index (Phi) is 7.07. The molecule has 0 unspecified atom stereocenters. The topological polar surface area (TPSA) is 13.1 Å². The lowest BCUT2D eigenvalue weighted by Gasteiger charge is -2.02. The van der Waals surface area contributed by atoms with E-state index in [-0.39, 0.29) is 0 Å². The molecule has 2 aromatic carbocycles. The molecule has 0 N–H and O–H groups in total. The molecular weight excluding hydrogens is 351 g/mol. The highest BCUT2D eigenvalue weighted by molar-refractivity contribution is 6.18. The second kappa shape index (κ2) is 9.50. The number of aryl methyl sites for hydroxylation is 2. The molecule has 0 bridgehead atoms. The maximum Gasteiger partial charge on any atom is 0.135 e. The third-order valence-electron chi connectivity index (χ3n) is 4.80. The van der Waals surface area contributed by atoms with E-state index in [9.17, 15) is 0 Å². The number of hydrogen-bond acceptors (Lipinski definition) is 1. The fourth-order valence-electron chi connectivity index (χ4n) is 3.38. The fourth-order valence-corrected chi connectivity index (χ4v) is 3.76. The average Bonchev–Trinajstić information content (AvgIpc) is 3.00. The molecule has 1 heterocycles.